The lowest BCUT2D eigenvalue weighted by atomic mass is 9.83. The van der Waals surface area contributed by atoms with Gasteiger partial charge in [0.05, 0.1) is 0 Å². The molecule has 0 unspecified atom stereocenters. The van der Waals surface area contributed by atoms with E-state index in [9.17, 15) is 0 Å². The highest BCUT2D eigenvalue weighted by molar-refractivity contribution is 8.00. The summed E-state index contributed by atoms with van der Waals surface area (Å²) >= 11 is 2.10. The van der Waals surface area contributed by atoms with Crippen molar-refractivity contribution >= 4 is 11.8 Å². The van der Waals surface area contributed by atoms with Crippen molar-refractivity contribution in [1.29, 1.82) is 0 Å². The van der Waals surface area contributed by atoms with E-state index in [0.717, 1.165) is 5.41 Å². The van der Waals surface area contributed by atoms with Gasteiger partial charge in [-0.1, -0.05) is 0 Å². The minimum absolute atomic E-state index is 0.805. The molecule has 0 saturated carbocycles. The van der Waals surface area contributed by atoms with Gasteiger partial charge in [-0.25, -0.2) is 0 Å². The second kappa shape index (κ2) is 1.42. The maximum absolute atomic E-state index is 2.40. The van der Waals surface area contributed by atoms with Crippen molar-refractivity contribution in [2.75, 3.05) is 31.6 Å². The predicted octanol–water partition coefficient (Wildman–Crippen LogP) is 0.665. The number of nitrogens with zero attached hydrogens (tertiary/aromatic N) is 1. The Labute approximate surface area is 54.4 Å². The van der Waals surface area contributed by atoms with Gasteiger partial charge in [0, 0.05) is 30.0 Å². The summed E-state index contributed by atoms with van der Waals surface area (Å²) in [4.78, 5) is 2.40. The zero-order valence-electron chi connectivity index (χ0n) is 5.18. The number of hydrogen-bond acceptors (Lipinski definition) is 2. The summed E-state index contributed by atoms with van der Waals surface area (Å²) in [6.07, 6.45) is 0. The first-order chi connectivity index (χ1) is 3.81. The molecule has 0 radical (unpaired) electrons. The molecule has 0 atom stereocenters. The number of hydrogen-bond donors (Lipinski definition) is 0. The summed E-state index contributed by atoms with van der Waals surface area (Å²) in [7, 11) is 2.20. The van der Waals surface area contributed by atoms with Gasteiger partial charge in [0.2, 0.25) is 0 Å². The lowest BCUT2D eigenvalue weighted by Gasteiger charge is -2.54. The fourth-order valence-corrected chi connectivity index (χ4v) is 2.82. The second-order valence-corrected chi connectivity index (χ2v) is 4.15. The van der Waals surface area contributed by atoms with Crippen molar-refractivity contribution in [1.82, 2.24) is 4.90 Å². The molecule has 0 aliphatic carbocycles. The highest BCUT2D eigenvalue weighted by Crippen LogP contribution is 2.44. The molecule has 0 N–H and O–H groups in total. The maximum Gasteiger partial charge on any atom is 0.0138 e. The fourth-order valence-electron chi connectivity index (χ4n) is 1.67. The van der Waals surface area contributed by atoms with Crippen molar-refractivity contribution in [3.63, 3.8) is 0 Å². The highest BCUT2D eigenvalue weighted by atomic mass is 32.2. The summed E-state index contributed by atoms with van der Waals surface area (Å²) in [6.45, 7) is 2.72. The molecule has 46 valence electrons. The summed E-state index contributed by atoms with van der Waals surface area (Å²) < 4.78 is 0. The smallest absolute Gasteiger partial charge is 0.0138 e. The first-order valence-corrected chi connectivity index (χ1v) is 4.23. The molecule has 2 rings (SSSR count). The van der Waals surface area contributed by atoms with Crippen molar-refractivity contribution in [3.8, 4) is 0 Å². The molecule has 2 heterocycles. The van der Waals surface area contributed by atoms with Crippen LogP contribution in [0.25, 0.3) is 0 Å². The molecule has 2 heteroatoms. The van der Waals surface area contributed by atoms with Crippen molar-refractivity contribution in [2.45, 2.75) is 0 Å². The predicted molar refractivity (Wildman–Crippen MR) is 37.3 cm³/mol. The molecule has 1 nitrogen and oxygen atoms in total. The Morgan fingerprint density at radius 3 is 2.12 bits per heavy atom. The molecule has 2 aliphatic heterocycles. The molecule has 8 heavy (non-hydrogen) atoms. The van der Waals surface area contributed by atoms with E-state index >= 15 is 0 Å². The average molecular weight is 129 g/mol. The van der Waals surface area contributed by atoms with E-state index in [0.29, 0.717) is 0 Å². The van der Waals surface area contributed by atoms with Gasteiger partial charge < -0.3 is 4.90 Å². The van der Waals surface area contributed by atoms with Gasteiger partial charge in [0.25, 0.3) is 0 Å². The minimum Gasteiger partial charge on any atom is -0.305 e. The van der Waals surface area contributed by atoms with E-state index in [1.165, 1.54) is 24.6 Å². The van der Waals surface area contributed by atoms with Crippen LogP contribution in [0.1, 0.15) is 0 Å². The van der Waals surface area contributed by atoms with Crippen LogP contribution in [-0.4, -0.2) is 36.5 Å². The van der Waals surface area contributed by atoms with Gasteiger partial charge in [0.1, 0.15) is 0 Å². The molecular weight excluding hydrogens is 118 g/mol. The molecule has 0 amide bonds. The third-order valence-corrected chi connectivity index (χ3v) is 3.66. The molecule has 0 aromatic rings. The molecule has 2 saturated heterocycles. The Hall–Kier alpha value is 0.310. The van der Waals surface area contributed by atoms with Crippen LogP contribution in [0.3, 0.4) is 0 Å². The largest absolute Gasteiger partial charge is 0.305 e. The third-order valence-electron chi connectivity index (χ3n) is 2.03. The van der Waals surface area contributed by atoms with Crippen molar-refractivity contribution < 1.29 is 0 Å². The summed E-state index contributed by atoms with van der Waals surface area (Å²) in [5.74, 6) is 2.86. The van der Waals surface area contributed by atoms with Crippen LogP contribution in [0.15, 0.2) is 0 Å². The first kappa shape index (κ1) is 5.12. The lowest BCUT2D eigenvalue weighted by molar-refractivity contribution is 0.0556. The minimum atomic E-state index is 0.805. The molecule has 2 aliphatic rings. The van der Waals surface area contributed by atoms with E-state index in [-0.39, 0.29) is 0 Å². The van der Waals surface area contributed by atoms with E-state index in [4.69, 9.17) is 0 Å². The first-order valence-electron chi connectivity index (χ1n) is 3.07. The average Bonchev–Trinajstić information content (AvgIpc) is 1.51. The van der Waals surface area contributed by atoms with Crippen LogP contribution in [0.4, 0.5) is 0 Å². The number of rotatable bonds is 0. The quantitative estimate of drug-likeness (QED) is 0.473. The molecule has 0 bridgehead atoms. The van der Waals surface area contributed by atoms with Crippen molar-refractivity contribution in [3.05, 3.63) is 0 Å². The molecule has 1 spiro atoms. The van der Waals surface area contributed by atoms with Gasteiger partial charge in [-0.05, 0) is 7.05 Å². The Balaban J connectivity index is 1.92. The third kappa shape index (κ3) is 0.531. The Bertz CT molecular complexity index is 101. The van der Waals surface area contributed by atoms with E-state index < -0.39 is 0 Å². The van der Waals surface area contributed by atoms with Crippen LogP contribution in [0, 0.1) is 5.41 Å². The van der Waals surface area contributed by atoms with E-state index in [1.807, 2.05) is 0 Å². The molecule has 0 aromatic carbocycles. The SMILES string of the molecule is CN1CC2(CSC2)C1. The zero-order valence-corrected chi connectivity index (χ0v) is 6.00. The van der Waals surface area contributed by atoms with Gasteiger partial charge in [-0.15, -0.1) is 0 Å². The fraction of sp³-hybridized carbons (Fsp3) is 1.00. The molecule has 0 aromatic heterocycles. The molecule has 2 fully saturated rings. The van der Waals surface area contributed by atoms with Gasteiger partial charge in [0.15, 0.2) is 0 Å². The Morgan fingerprint density at radius 2 is 2.00 bits per heavy atom. The standard InChI is InChI=1S/C6H11NS/c1-7-2-6(3-7)4-8-5-6/h2-5H2,1H3. The Morgan fingerprint density at radius 1 is 1.38 bits per heavy atom. The van der Waals surface area contributed by atoms with Gasteiger partial charge in [-0.3, -0.25) is 0 Å². The summed E-state index contributed by atoms with van der Waals surface area (Å²) in [5.41, 5.74) is 0.805. The monoisotopic (exact) mass is 129 g/mol. The maximum atomic E-state index is 2.40. The van der Waals surface area contributed by atoms with Crippen LogP contribution in [0.2, 0.25) is 0 Å². The second-order valence-electron chi connectivity index (χ2n) is 3.17. The van der Waals surface area contributed by atoms with Crippen LogP contribution in [-0.2, 0) is 0 Å². The van der Waals surface area contributed by atoms with E-state index in [2.05, 4.69) is 23.7 Å². The van der Waals surface area contributed by atoms with Gasteiger partial charge in [-0.2, -0.15) is 11.8 Å². The highest BCUT2D eigenvalue weighted by Gasteiger charge is 2.46. The van der Waals surface area contributed by atoms with E-state index in [1.54, 1.807) is 0 Å². The lowest BCUT2D eigenvalue weighted by Crippen LogP contribution is -2.61. The number of likely N-dealkylation sites (tertiary alicyclic amines) is 1. The van der Waals surface area contributed by atoms with Crippen LogP contribution >= 0.6 is 11.8 Å². The number of thioether (sulfide) groups is 1. The van der Waals surface area contributed by atoms with Crippen molar-refractivity contribution in [2.24, 2.45) is 5.41 Å². The van der Waals surface area contributed by atoms with Gasteiger partial charge >= 0.3 is 0 Å². The summed E-state index contributed by atoms with van der Waals surface area (Å²) in [6, 6.07) is 0. The van der Waals surface area contributed by atoms with Crippen LogP contribution < -0.4 is 0 Å². The summed E-state index contributed by atoms with van der Waals surface area (Å²) in [5, 5.41) is 0. The Kier molecular flexibility index (Phi) is 0.910. The normalized spacial score (nSPS) is 34.1. The molecular formula is C6H11NS. The topological polar surface area (TPSA) is 3.24 Å². The zero-order chi connectivity index (χ0) is 5.61. The van der Waals surface area contributed by atoms with Crippen LogP contribution in [0.5, 0.6) is 0 Å².